The molecule has 2 aliphatic rings. The molecular weight excluding hydrogens is 342 g/mol. The lowest BCUT2D eigenvalue weighted by atomic mass is 9.97. The zero-order valence-electron chi connectivity index (χ0n) is 14.9. The van der Waals surface area contributed by atoms with Crippen LogP contribution in [-0.4, -0.2) is 27.5 Å². The maximum Gasteiger partial charge on any atom is 0.267 e. The first-order chi connectivity index (χ1) is 12.8. The van der Waals surface area contributed by atoms with E-state index in [-0.39, 0.29) is 5.56 Å². The molecule has 3 heterocycles. The SMILES string of the molecule is O=c1c2c3c(sc2nc(CN2CCCC2)n1-c1ccccc1)CCCC3. The van der Waals surface area contributed by atoms with Gasteiger partial charge in [0.25, 0.3) is 5.56 Å². The predicted molar refractivity (Wildman–Crippen MR) is 106 cm³/mol. The predicted octanol–water partition coefficient (Wildman–Crippen LogP) is 3.92. The molecule has 0 amide bonds. The number of hydrogen-bond donors (Lipinski definition) is 0. The first-order valence-corrected chi connectivity index (χ1v) is 10.5. The smallest absolute Gasteiger partial charge is 0.267 e. The van der Waals surface area contributed by atoms with Crippen LogP contribution < -0.4 is 5.56 Å². The Morgan fingerprint density at radius 3 is 2.58 bits per heavy atom. The van der Waals surface area contributed by atoms with Crippen LogP contribution in [0.25, 0.3) is 15.9 Å². The topological polar surface area (TPSA) is 38.1 Å². The monoisotopic (exact) mass is 365 g/mol. The van der Waals surface area contributed by atoms with Crippen LogP contribution in [0.4, 0.5) is 0 Å². The highest BCUT2D eigenvalue weighted by molar-refractivity contribution is 7.18. The summed E-state index contributed by atoms with van der Waals surface area (Å²) in [6.45, 7) is 2.95. The lowest BCUT2D eigenvalue weighted by molar-refractivity contribution is 0.319. The molecule has 2 aromatic heterocycles. The summed E-state index contributed by atoms with van der Waals surface area (Å²) >= 11 is 1.75. The van der Waals surface area contributed by atoms with E-state index < -0.39 is 0 Å². The number of hydrogen-bond acceptors (Lipinski definition) is 4. The summed E-state index contributed by atoms with van der Waals surface area (Å²) in [5.74, 6) is 0.884. The maximum atomic E-state index is 13.6. The van der Waals surface area contributed by atoms with Crippen LogP contribution in [0.3, 0.4) is 0 Å². The number of aromatic nitrogens is 2. The fraction of sp³-hybridized carbons (Fsp3) is 0.429. The summed E-state index contributed by atoms with van der Waals surface area (Å²) in [5.41, 5.74) is 2.32. The second-order valence-electron chi connectivity index (χ2n) is 7.38. The molecule has 0 unspecified atom stereocenters. The van der Waals surface area contributed by atoms with Gasteiger partial charge in [0.2, 0.25) is 0 Å². The third-order valence-corrected chi connectivity index (χ3v) is 6.82. The van der Waals surface area contributed by atoms with Crippen molar-refractivity contribution >= 4 is 21.6 Å². The number of fused-ring (bicyclic) bond motifs is 3. The maximum absolute atomic E-state index is 13.6. The molecule has 26 heavy (non-hydrogen) atoms. The Balaban J connectivity index is 1.74. The zero-order chi connectivity index (χ0) is 17.5. The van der Waals surface area contributed by atoms with Gasteiger partial charge in [0, 0.05) is 4.88 Å². The Morgan fingerprint density at radius 2 is 1.77 bits per heavy atom. The van der Waals surface area contributed by atoms with Crippen LogP contribution >= 0.6 is 11.3 Å². The Kier molecular flexibility index (Phi) is 4.14. The van der Waals surface area contributed by atoms with Gasteiger partial charge < -0.3 is 0 Å². The Labute approximate surface area is 157 Å². The normalized spacial score (nSPS) is 17.7. The quantitative estimate of drug-likeness (QED) is 0.706. The fourth-order valence-corrected chi connectivity index (χ4v) is 5.61. The molecule has 0 saturated carbocycles. The van der Waals surface area contributed by atoms with Crippen molar-refractivity contribution in [1.82, 2.24) is 14.5 Å². The van der Waals surface area contributed by atoms with Crippen molar-refractivity contribution in [3.63, 3.8) is 0 Å². The highest BCUT2D eigenvalue weighted by Gasteiger charge is 2.24. The van der Waals surface area contributed by atoms with E-state index >= 15 is 0 Å². The van der Waals surface area contributed by atoms with Crippen molar-refractivity contribution < 1.29 is 0 Å². The third-order valence-electron chi connectivity index (χ3n) is 5.64. The minimum absolute atomic E-state index is 0.120. The molecule has 0 spiro atoms. The molecule has 1 saturated heterocycles. The van der Waals surface area contributed by atoms with E-state index in [0.717, 1.165) is 54.2 Å². The molecule has 0 atom stereocenters. The molecule has 5 heteroatoms. The van der Waals surface area contributed by atoms with Crippen LogP contribution in [0.5, 0.6) is 0 Å². The van der Waals surface area contributed by atoms with E-state index in [0.29, 0.717) is 0 Å². The number of para-hydroxylation sites is 1. The Bertz CT molecular complexity index is 1000. The summed E-state index contributed by atoms with van der Waals surface area (Å²) in [6, 6.07) is 10.0. The lowest BCUT2D eigenvalue weighted by Crippen LogP contribution is -2.29. The van der Waals surface area contributed by atoms with Crippen LogP contribution in [0, 0.1) is 0 Å². The van der Waals surface area contributed by atoms with Gasteiger partial charge in [0.15, 0.2) is 0 Å². The minimum Gasteiger partial charge on any atom is -0.296 e. The third kappa shape index (κ3) is 2.70. The Morgan fingerprint density at radius 1 is 1.00 bits per heavy atom. The summed E-state index contributed by atoms with van der Waals surface area (Å²) in [5, 5.41) is 0.874. The molecule has 1 fully saturated rings. The van der Waals surface area contributed by atoms with Gasteiger partial charge in [-0.3, -0.25) is 14.3 Å². The van der Waals surface area contributed by atoms with Crippen molar-refractivity contribution in [2.75, 3.05) is 13.1 Å². The van der Waals surface area contributed by atoms with Crippen molar-refractivity contribution in [3.8, 4) is 5.69 Å². The second kappa shape index (κ2) is 6.63. The molecule has 134 valence electrons. The number of likely N-dealkylation sites (tertiary alicyclic amines) is 1. The van der Waals surface area contributed by atoms with Gasteiger partial charge in [-0.2, -0.15) is 0 Å². The van der Waals surface area contributed by atoms with Crippen LogP contribution in [-0.2, 0) is 19.4 Å². The molecular formula is C21H23N3OS. The summed E-state index contributed by atoms with van der Waals surface area (Å²) in [4.78, 5) is 23.3. The minimum atomic E-state index is 0.120. The average Bonchev–Trinajstić information content (AvgIpc) is 3.30. The number of benzene rings is 1. The number of nitrogens with zero attached hydrogens (tertiary/aromatic N) is 3. The van der Waals surface area contributed by atoms with Crippen molar-refractivity contribution in [2.24, 2.45) is 0 Å². The molecule has 0 bridgehead atoms. The van der Waals surface area contributed by atoms with Crippen LogP contribution in [0.2, 0.25) is 0 Å². The van der Waals surface area contributed by atoms with Crippen molar-refractivity contribution in [3.05, 3.63) is 57.0 Å². The number of aryl methyl sites for hydroxylation is 2. The fourth-order valence-electron chi connectivity index (χ4n) is 4.34. The van der Waals surface area contributed by atoms with E-state index in [1.54, 1.807) is 11.3 Å². The standard InChI is InChI=1S/C21H23N3OS/c25-21-19-16-10-4-5-11-17(16)26-20(19)22-18(14-23-12-6-7-13-23)24(21)15-8-2-1-3-9-15/h1-3,8-9H,4-7,10-14H2. The second-order valence-corrected chi connectivity index (χ2v) is 8.46. The highest BCUT2D eigenvalue weighted by Crippen LogP contribution is 2.34. The van der Waals surface area contributed by atoms with Crippen LogP contribution in [0.1, 0.15) is 41.9 Å². The molecule has 3 aromatic rings. The largest absolute Gasteiger partial charge is 0.296 e. The molecule has 1 aliphatic carbocycles. The van der Waals surface area contributed by atoms with Gasteiger partial charge >= 0.3 is 0 Å². The number of thiophene rings is 1. The van der Waals surface area contributed by atoms with Gasteiger partial charge in [0.1, 0.15) is 10.7 Å². The van der Waals surface area contributed by atoms with E-state index in [1.165, 1.54) is 36.1 Å². The summed E-state index contributed by atoms with van der Waals surface area (Å²) in [6.07, 6.45) is 7.01. The molecule has 0 radical (unpaired) electrons. The van der Waals surface area contributed by atoms with Gasteiger partial charge in [-0.1, -0.05) is 18.2 Å². The van der Waals surface area contributed by atoms with Crippen LogP contribution in [0.15, 0.2) is 35.1 Å². The molecule has 1 aliphatic heterocycles. The number of rotatable bonds is 3. The van der Waals surface area contributed by atoms with Crippen molar-refractivity contribution in [1.29, 1.82) is 0 Å². The van der Waals surface area contributed by atoms with E-state index in [1.807, 2.05) is 34.9 Å². The Hall–Kier alpha value is -1.98. The van der Waals surface area contributed by atoms with E-state index in [2.05, 4.69) is 4.90 Å². The summed E-state index contributed by atoms with van der Waals surface area (Å²) in [7, 11) is 0. The highest BCUT2D eigenvalue weighted by atomic mass is 32.1. The van der Waals surface area contributed by atoms with Gasteiger partial charge in [0.05, 0.1) is 17.6 Å². The van der Waals surface area contributed by atoms with Crippen molar-refractivity contribution in [2.45, 2.75) is 45.1 Å². The van der Waals surface area contributed by atoms with E-state index in [9.17, 15) is 4.79 Å². The summed E-state index contributed by atoms with van der Waals surface area (Å²) < 4.78 is 1.86. The zero-order valence-corrected chi connectivity index (χ0v) is 15.7. The van der Waals surface area contributed by atoms with E-state index in [4.69, 9.17) is 4.98 Å². The molecule has 1 aromatic carbocycles. The molecule has 5 rings (SSSR count). The van der Waals surface area contributed by atoms with Gasteiger partial charge in [-0.05, 0) is 69.3 Å². The van der Waals surface area contributed by atoms with Gasteiger partial charge in [-0.25, -0.2) is 4.98 Å². The molecule has 0 N–H and O–H groups in total. The first-order valence-electron chi connectivity index (χ1n) is 9.65. The molecule has 4 nitrogen and oxygen atoms in total. The first kappa shape index (κ1) is 16.2. The van der Waals surface area contributed by atoms with Gasteiger partial charge in [-0.15, -0.1) is 11.3 Å². The average molecular weight is 366 g/mol. The lowest BCUT2D eigenvalue weighted by Gasteiger charge is -2.18.